The van der Waals surface area contributed by atoms with Gasteiger partial charge >= 0.3 is 0 Å². The van der Waals surface area contributed by atoms with Crippen LogP contribution in [0, 0.1) is 5.82 Å². The number of rotatable bonds is 6. The second-order valence-corrected chi connectivity index (χ2v) is 9.02. The summed E-state index contributed by atoms with van der Waals surface area (Å²) in [6.45, 7) is 0.449. The van der Waals surface area contributed by atoms with Gasteiger partial charge in [-0.3, -0.25) is 15.1 Å². The minimum Gasteiger partial charge on any atom is -0.487 e. The summed E-state index contributed by atoms with van der Waals surface area (Å²) in [5.74, 6) is 0.932. The first-order valence-electron chi connectivity index (χ1n) is 12.3. The number of halogens is 1. The van der Waals surface area contributed by atoms with Crippen LogP contribution in [0.15, 0.2) is 97.6 Å². The molecule has 0 saturated carbocycles. The van der Waals surface area contributed by atoms with Gasteiger partial charge in [-0.05, 0) is 41.5 Å². The predicted octanol–water partition coefficient (Wildman–Crippen LogP) is 6.34. The van der Waals surface area contributed by atoms with Crippen molar-refractivity contribution in [2.75, 3.05) is 0 Å². The molecule has 8 nitrogen and oxygen atoms in total. The molecule has 0 fully saturated rings. The Morgan fingerprint density at radius 2 is 1.72 bits per heavy atom. The van der Waals surface area contributed by atoms with Crippen LogP contribution in [0.2, 0.25) is 0 Å². The van der Waals surface area contributed by atoms with Crippen molar-refractivity contribution in [2.24, 2.45) is 0 Å². The SMILES string of the molecule is Fc1ccc(-c2ccnc3nc(-c4n[nH]c5cnc(-c6cncc(OCc7ccccc7)c6)cc45)[nH]c23)cc1. The van der Waals surface area contributed by atoms with E-state index in [1.807, 2.05) is 48.5 Å². The minimum atomic E-state index is -0.287. The fourth-order valence-corrected chi connectivity index (χ4v) is 4.53. The number of aromatic nitrogens is 7. The smallest absolute Gasteiger partial charge is 0.178 e. The summed E-state index contributed by atoms with van der Waals surface area (Å²) in [5, 5.41) is 8.40. The number of hydrogen-bond donors (Lipinski definition) is 2. The van der Waals surface area contributed by atoms with Gasteiger partial charge < -0.3 is 9.72 Å². The molecule has 0 aliphatic rings. The molecule has 7 rings (SSSR count). The van der Waals surface area contributed by atoms with E-state index < -0.39 is 0 Å². The number of nitrogens with one attached hydrogen (secondary N) is 2. The van der Waals surface area contributed by atoms with Gasteiger partial charge in [-0.2, -0.15) is 5.10 Å². The predicted molar refractivity (Wildman–Crippen MR) is 146 cm³/mol. The van der Waals surface area contributed by atoms with Crippen molar-refractivity contribution in [1.29, 1.82) is 0 Å². The van der Waals surface area contributed by atoms with Crippen LogP contribution in [-0.2, 0) is 6.61 Å². The van der Waals surface area contributed by atoms with Gasteiger partial charge in [-0.25, -0.2) is 14.4 Å². The van der Waals surface area contributed by atoms with Crippen molar-refractivity contribution >= 4 is 22.1 Å². The van der Waals surface area contributed by atoms with E-state index in [1.165, 1.54) is 12.1 Å². The van der Waals surface area contributed by atoms with Crippen molar-refractivity contribution in [2.45, 2.75) is 6.61 Å². The molecule has 0 aliphatic heterocycles. The lowest BCUT2D eigenvalue weighted by atomic mass is 10.1. The zero-order valence-electron chi connectivity index (χ0n) is 20.5. The average molecular weight is 514 g/mol. The highest BCUT2D eigenvalue weighted by atomic mass is 19.1. The zero-order chi connectivity index (χ0) is 26.2. The van der Waals surface area contributed by atoms with Crippen LogP contribution < -0.4 is 4.74 Å². The van der Waals surface area contributed by atoms with Crippen LogP contribution in [0.25, 0.3) is 56.0 Å². The molecule has 0 saturated heterocycles. The summed E-state index contributed by atoms with van der Waals surface area (Å²) in [4.78, 5) is 21.5. The number of hydrogen-bond acceptors (Lipinski definition) is 6. The fourth-order valence-electron chi connectivity index (χ4n) is 4.53. The van der Waals surface area contributed by atoms with Gasteiger partial charge in [0.1, 0.15) is 23.9 Å². The molecule has 0 aliphatic carbocycles. The Labute approximate surface area is 221 Å². The Morgan fingerprint density at radius 3 is 2.59 bits per heavy atom. The maximum atomic E-state index is 13.5. The molecular formula is C30H20FN7O. The molecule has 7 aromatic rings. The molecule has 2 aromatic carbocycles. The molecule has 0 spiro atoms. The summed E-state index contributed by atoms with van der Waals surface area (Å²) in [7, 11) is 0. The highest BCUT2D eigenvalue weighted by molar-refractivity contribution is 5.96. The van der Waals surface area contributed by atoms with Gasteiger partial charge in [-0.15, -0.1) is 0 Å². The van der Waals surface area contributed by atoms with Crippen molar-refractivity contribution in [3.05, 3.63) is 109 Å². The first-order valence-corrected chi connectivity index (χ1v) is 12.3. The summed E-state index contributed by atoms with van der Waals surface area (Å²) >= 11 is 0. The lowest BCUT2D eigenvalue weighted by molar-refractivity contribution is 0.305. The number of ether oxygens (including phenoxy) is 1. The molecule has 2 N–H and O–H groups in total. The van der Waals surface area contributed by atoms with Crippen molar-refractivity contribution < 1.29 is 9.13 Å². The van der Waals surface area contributed by atoms with Crippen LogP contribution in [0.3, 0.4) is 0 Å². The first-order chi connectivity index (χ1) is 19.2. The van der Waals surface area contributed by atoms with Crippen molar-refractivity contribution in [3.8, 4) is 39.7 Å². The quantitative estimate of drug-likeness (QED) is 0.269. The van der Waals surface area contributed by atoms with E-state index >= 15 is 0 Å². The molecule has 0 amide bonds. The second-order valence-electron chi connectivity index (χ2n) is 9.02. The standard InChI is InChI=1S/C30H20FN7O/c31-21-8-6-19(7-9-21)23-10-11-33-29-27(23)35-30(36-29)28-24-13-25(34-16-26(24)37-38-28)20-12-22(15-32-14-20)39-17-18-4-2-1-3-5-18/h1-16H,17H2,(H,37,38)(H,33,35,36). The maximum absolute atomic E-state index is 13.5. The molecule has 9 heteroatoms. The molecule has 0 bridgehead atoms. The van der Waals surface area contributed by atoms with Crippen LogP contribution in [-0.4, -0.2) is 35.1 Å². The van der Waals surface area contributed by atoms with E-state index in [0.29, 0.717) is 29.5 Å². The lowest BCUT2D eigenvalue weighted by Crippen LogP contribution is -1.96. The van der Waals surface area contributed by atoms with Crippen LogP contribution in [0.1, 0.15) is 5.56 Å². The van der Waals surface area contributed by atoms with Gasteiger partial charge in [-0.1, -0.05) is 42.5 Å². The number of aromatic amines is 2. The zero-order valence-corrected chi connectivity index (χ0v) is 20.5. The number of imidazole rings is 1. The van der Waals surface area contributed by atoms with Gasteiger partial charge in [0.15, 0.2) is 11.5 Å². The van der Waals surface area contributed by atoms with Gasteiger partial charge in [0.2, 0.25) is 0 Å². The van der Waals surface area contributed by atoms with Crippen LogP contribution in [0.4, 0.5) is 4.39 Å². The van der Waals surface area contributed by atoms with E-state index in [1.54, 1.807) is 36.9 Å². The Kier molecular flexibility index (Phi) is 5.51. The second kappa shape index (κ2) is 9.46. The van der Waals surface area contributed by atoms with E-state index in [2.05, 4.69) is 30.1 Å². The fraction of sp³-hybridized carbons (Fsp3) is 0.0333. The third-order valence-corrected chi connectivity index (χ3v) is 6.48. The molecule has 39 heavy (non-hydrogen) atoms. The number of pyridine rings is 3. The third kappa shape index (κ3) is 4.36. The normalized spacial score (nSPS) is 11.3. The van der Waals surface area contributed by atoms with Gasteiger partial charge in [0.05, 0.1) is 29.1 Å². The topological polar surface area (TPSA) is 105 Å². The Morgan fingerprint density at radius 1 is 0.846 bits per heavy atom. The molecule has 5 aromatic heterocycles. The third-order valence-electron chi connectivity index (χ3n) is 6.48. The number of H-pyrrole nitrogens is 2. The molecule has 0 radical (unpaired) electrons. The van der Waals surface area contributed by atoms with Crippen molar-refractivity contribution in [1.82, 2.24) is 35.1 Å². The van der Waals surface area contributed by atoms with E-state index in [0.717, 1.165) is 44.4 Å². The Balaban J connectivity index is 1.24. The monoisotopic (exact) mass is 513 g/mol. The van der Waals surface area contributed by atoms with Gasteiger partial charge in [0, 0.05) is 28.9 Å². The van der Waals surface area contributed by atoms with E-state index in [-0.39, 0.29) is 5.82 Å². The Bertz CT molecular complexity index is 1930. The highest BCUT2D eigenvalue weighted by Crippen LogP contribution is 2.32. The van der Waals surface area contributed by atoms with Gasteiger partial charge in [0.25, 0.3) is 0 Å². The first kappa shape index (κ1) is 22.7. The number of nitrogens with zero attached hydrogens (tertiary/aromatic N) is 5. The largest absolute Gasteiger partial charge is 0.487 e. The summed E-state index contributed by atoms with van der Waals surface area (Å²) < 4.78 is 19.4. The van der Waals surface area contributed by atoms with Crippen LogP contribution in [0.5, 0.6) is 5.75 Å². The Hall–Kier alpha value is -5.44. The highest BCUT2D eigenvalue weighted by Gasteiger charge is 2.17. The average Bonchev–Trinajstić information content (AvgIpc) is 3.61. The summed E-state index contributed by atoms with van der Waals surface area (Å²) in [6.07, 6.45) is 6.87. The maximum Gasteiger partial charge on any atom is 0.178 e. The van der Waals surface area contributed by atoms with E-state index in [4.69, 9.17) is 9.72 Å². The minimum absolute atomic E-state index is 0.287. The number of benzene rings is 2. The number of fused-ring (bicyclic) bond motifs is 2. The van der Waals surface area contributed by atoms with E-state index in [9.17, 15) is 4.39 Å². The summed E-state index contributed by atoms with van der Waals surface area (Å²) in [6, 6.07) is 22.1. The lowest BCUT2D eigenvalue weighted by Gasteiger charge is -2.08. The molecular weight excluding hydrogens is 493 g/mol. The molecule has 188 valence electrons. The molecule has 0 unspecified atom stereocenters. The van der Waals surface area contributed by atoms with Crippen LogP contribution >= 0.6 is 0 Å². The molecule has 5 heterocycles. The van der Waals surface area contributed by atoms with Crippen molar-refractivity contribution in [3.63, 3.8) is 0 Å². The molecule has 0 atom stereocenters. The summed E-state index contributed by atoms with van der Waals surface area (Å²) in [5.41, 5.74) is 7.06.